The number of hydrogen-bond acceptors (Lipinski definition) is 6. The molecule has 0 aromatic carbocycles. The maximum absolute atomic E-state index is 12.1. The van der Waals surface area contributed by atoms with Crippen molar-refractivity contribution in [3.8, 4) is 6.07 Å². The highest BCUT2D eigenvalue weighted by atomic mass is 16.4. The third-order valence-corrected chi connectivity index (χ3v) is 4.47. The summed E-state index contributed by atoms with van der Waals surface area (Å²) >= 11 is 0. The number of nitrogens with zero attached hydrogens (tertiary/aromatic N) is 5. The summed E-state index contributed by atoms with van der Waals surface area (Å²) < 4.78 is 5.65. The molecule has 7 heteroatoms. The van der Waals surface area contributed by atoms with Crippen LogP contribution < -0.4 is 4.90 Å². The van der Waals surface area contributed by atoms with Gasteiger partial charge in [-0.25, -0.2) is 9.97 Å². The number of aromatic nitrogens is 2. The SMILES string of the molecule is CCc1cnc(CN(C(C)=O)C2CCN(c3ncccc3C#N)C2)o1. The second kappa shape index (κ2) is 7.34. The maximum atomic E-state index is 12.1. The largest absolute Gasteiger partial charge is 0.444 e. The zero-order valence-corrected chi connectivity index (χ0v) is 14.5. The van der Waals surface area contributed by atoms with Gasteiger partial charge in [-0.1, -0.05) is 6.92 Å². The topological polar surface area (TPSA) is 86.3 Å². The van der Waals surface area contributed by atoms with Gasteiger partial charge < -0.3 is 14.2 Å². The molecule has 25 heavy (non-hydrogen) atoms. The molecule has 2 aromatic rings. The summed E-state index contributed by atoms with van der Waals surface area (Å²) in [5, 5.41) is 9.26. The molecule has 0 saturated carbocycles. The van der Waals surface area contributed by atoms with Gasteiger partial charge in [0.15, 0.2) is 0 Å². The Morgan fingerprint density at radius 1 is 1.52 bits per heavy atom. The predicted octanol–water partition coefficient (Wildman–Crippen LogP) is 2.13. The Kier molecular flexibility index (Phi) is 4.98. The monoisotopic (exact) mass is 339 g/mol. The molecule has 1 unspecified atom stereocenters. The molecule has 1 fully saturated rings. The van der Waals surface area contributed by atoms with Crippen LogP contribution in [0.2, 0.25) is 0 Å². The number of carbonyl (C=O) groups is 1. The van der Waals surface area contributed by atoms with Gasteiger partial charge in [0.2, 0.25) is 11.8 Å². The molecule has 1 saturated heterocycles. The highest BCUT2D eigenvalue weighted by molar-refractivity contribution is 5.73. The molecule has 0 radical (unpaired) electrons. The van der Waals surface area contributed by atoms with E-state index in [-0.39, 0.29) is 11.9 Å². The lowest BCUT2D eigenvalue weighted by Gasteiger charge is -2.27. The summed E-state index contributed by atoms with van der Waals surface area (Å²) in [6.07, 6.45) is 5.00. The number of oxazole rings is 1. The summed E-state index contributed by atoms with van der Waals surface area (Å²) in [6, 6.07) is 5.74. The maximum Gasteiger partial charge on any atom is 0.220 e. The molecule has 3 rings (SSSR count). The van der Waals surface area contributed by atoms with E-state index in [0.717, 1.165) is 25.1 Å². The van der Waals surface area contributed by atoms with E-state index in [1.54, 1.807) is 36.4 Å². The molecule has 1 aliphatic heterocycles. The molecule has 0 aliphatic carbocycles. The lowest BCUT2D eigenvalue weighted by atomic mass is 10.2. The van der Waals surface area contributed by atoms with Crippen molar-refractivity contribution >= 4 is 11.7 Å². The Morgan fingerprint density at radius 2 is 2.36 bits per heavy atom. The summed E-state index contributed by atoms with van der Waals surface area (Å²) in [5.74, 6) is 2.05. The van der Waals surface area contributed by atoms with E-state index < -0.39 is 0 Å². The van der Waals surface area contributed by atoms with Crippen molar-refractivity contribution in [3.05, 3.63) is 41.7 Å². The van der Waals surface area contributed by atoms with Crippen molar-refractivity contribution in [1.82, 2.24) is 14.9 Å². The molecule has 3 heterocycles. The molecule has 0 spiro atoms. The fourth-order valence-corrected chi connectivity index (χ4v) is 3.15. The average molecular weight is 339 g/mol. The van der Waals surface area contributed by atoms with E-state index in [1.807, 2.05) is 6.92 Å². The van der Waals surface area contributed by atoms with Gasteiger partial charge in [0.25, 0.3) is 0 Å². The van der Waals surface area contributed by atoms with Crippen molar-refractivity contribution in [3.63, 3.8) is 0 Å². The van der Waals surface area contributed by atoms with Gasteiger partial charge in [-0.2, -0.15) is 5.26 Å². The quantitative estimate of drug-likeness (QED) is 0.829. The zero-order valence-electron chi connectivity index (χ0n) is 14.5. The molecule has 7 nitrogen and oxygen atoms in total. The predicted molar refractivity (Wildman–Crippen MR) is 91.7 cm³/mol. The van der Waals surface area contributed by atoms with Crippen LogP contribution in [0.3, 0.4) is 0 Å². The van der Waals surface area contributed by atoms with Gasteiger partial charge in [0.05, 0.1) is 24.3 Å². The molecule has 1 atom stereocenters. The van der Waals surface area contributed by atoms with Crippen LogP contribution >= 0.6 is 0 Å². The Hall–Kier alpha value is -2.88. The van der Waals surface area contributed by atoms with Crippen molar-refractivity contribution < 1.29 is 9.21 Å². The first-order valence-electron chi connectivity index (χ1n) is 8.43. The van der Waals surface area contributed by atoms with Crippen molar-refractivity contribution in [1.29, 1.82) is 5.26 Å². The number of rotatable bonds is 5. The molecule has 1 aliphatic rings. The van der Waals surface area contributed by atoms with Crippen molar-refractivity contribution in [2.24, 2.45) is 0 Å². The Labute approximate surface area is 146 Å². The van der Waals surface area contributed by atoms with Crippen LogP contribution in [0.5, 0.6) is 0 Å². The van der Waals surface area contributed by atoms with Gasteiger partial charge in [-0.3, -0.25) is 4.79 Å². The number of nitriles is 1. The Bertz CT molecular complexity index is 795. The smallest absolute Gasteiger partial charge is 0.220 e. The van der Waals surface area contributed by atoms with E-state index >= 15 is 0 Å². The fraction of sp³-hybridized carbons (Fsp3) is 0.444. The van der Waals surface area contributed by atoms with E-state index in [9.17, 15) is 10.1 Å². The number of hydrogen-bond donors (Lipinski definition) is 0. The molecule has 0 bridgehead atoms. The summed E-state index contributed by atoms with van der Waals surface area (Å²) in [4.78, 5) is 24.6. The number of pyridine rings is 1. The number of anilines is 1. The highest BCUT2D eigenvalue weighted by Gasteiger charge is 2.31. The summed E-state index contributed by atoms with van der Waals surface area (Å²) in [5.41, 5.74) is 0.554. The molecule has 2 aromatic heterocycles. The minimum atomic E-state index is -0.00961. The van der Waals surface area contributed by atoms with Crippen LogP contribution in [0.1, 0.15) is 37.5 Å². The number of aryl methyl sites for hydroxylation is 1. The zero-order chi connectivity index (χ0) is 17.8. The minimum Gasteiger partial charge on any atom is -0.444 e. The first kappa shape index (κ1) is 17.0. The third kappa shape index (κ3) is 3.63. The first-order valence-corrected chi connectivity index (χ1v) is 8.43. The average Bonchev–Trinajstić information content (AvgIpc) is 3.28. The second-order valence-corrected chi connectivity index (χ2v) is 6.10. The van der Waals surface area contributed by atoms with Gasteiger partial charge in [0, 0.05) is 32.6 Å². The van der Waals surface area contributed by atoms with Crippen LogP contribution in [0.4, 0.5) is 5.82 Å². The highest BCUT2D eigenvalue weighted by Crippen LogP contribution is 2.25. The van der Waals surface area contributed by atoms with Crippen LogP contribution in [-0.2, 0) is 17.8 Å². The van der Waals surface area contributed by atoms with Crippen LogP contribution in [0.15, 0.2) is 28.9 Å². The molecule has 130 valence electrons. The van der Waals surface area contributed by atoms with Crippen LogP contribution in [-0.4, -0.2) is 39.9 Å². The van der Waals surface area contributed by atoms with Crippen LogP contribution in [0, 0.1) is 11.3 Å². The lowest BCUT2D eigenvalue weighted by molar-refractivity contribution is -0.131. The van der Waals surface area contributed by atoms with E-state index in [4.69, 9.17) is 4.42 Å². The molecular weight excluding hydrogens is 318 g/mol. The van der Waals surface area contributed by atoms with Crippen molar-refractivity contribution in [2.45, 2.75) is 39.3 Å². The summed E-state index contributed by atoms with van der Waals surface area (Å²) in [6.45, 7) is 5.33. The van der Waals surface area contributed by atoms with Crippen molar-refractivity contribution in [2.75, 3.05) is 18.0 Å². The van der Waals surface area contributed by atoms with E-state index in [0.29, 0.717) is 30.4 Å². The number of carbonyl (C=O) groups excluding carboxylic acids is 1. The van der Waals surface area contributed by atoms with Gasteiger partial charge in [-0.05, 0) is 18.6 Å². The van der Waals surface area contributed by atoms with E-state index in [2.05, 4.69) is 20.9 Å². The van der Waals surface area contributed by atoms with Gasteiger partial charge in [-0.15, -0.1) is 0 Å². The molecule has 1 amide bonds. The third-order valence-electron chi connectivity index (χ3n) is 4.47. The lowest BCUT2D eigenvalue weighted by Crippen LogP contribution is -2.40. The Morgan fingerprint density at radius 3 is 3.04 bits per heavy atom. The summed E-state index contributed by atoms with van der Waals surface area (Å²) in [7, 11) is 0. The van der Waals surface area contributed by atoms with Gasteiger partial charge in [0.1, 0.15) is 17.6 Å². The van der Waals surface area contributed by atoms with Gasteiger partial charge >= 0.3 is 0 Å². The fourth-order valence-electron chi connectivity index (χ4n) is 3.15. The van der Waals surface area contributed by atoms with Crippen LogP contribution in [0.25, 0.3) is 0 Å². The Balaban J connectivity index is 1.73. The first-order chi connectivity index (χ1) is 12.1. The van der Waals surface area contributed by atoms with E-state index in [1.165, 1.54) is 0 Å². The second-order valence-electron chi connectivity index (χ2n) is 6.10. The molecule has 0 N–H and O–H groups in total. The normalized spacial score (nSPS) is 16.7. The minimum absolute atomic E-state index is 0.00961. The molecular formula is C18H21N5O2. The standard InChI is InChI=1S/C18H21N5O2/c1-3-16-10-21-17(25-16)12-23(13(2)24)15-6-8-22(11-15)18-14(9-19)5-4-7-20-18/h4-5,7,10,15H,3,6,8,11-12H2,1-2H3. The number of amides is 1.